The monoisotopic (exact) mass is 283 g/mol. The molecule has 106 valence electrons. The summed E-state index contributed by atoms with van der Waals surface area (Å²) in [5.41, 5.74) is 4.40. The van der Waals surface area contributed by atoms with Crippen molar-refractivity contribution in [3.05, 3.63) is 59.4 Å². The van der Waals surface area contributed by atoms with Gasteiger partial charge in [0.1, 0.15) is 0 Å². The van der Waals surface area contributed by atoms with Crippen molar-refractivity contribution >= 4 is 24.7 Å². The lowest BCUT2D eigenvalue weighted by Crippen LogP contribution is -2.33. The highest BCUT2D eigenvalue weighted by Gasteiger charge is 2.13. The number of carbonyl (C=O) groups excluding carboxylic acids is 1. The fourth-order valence-corrected chi connectivity index (χ4v) is 1.78. The van der Waals surface area contributed by atoms with Gasteiger partial charge in [0.15, 0.2) is 0 Å². The molecule has 1 aromatic heterocycles. The van der Waals surface area contributed by atoms with Gasteiger partial charge in [0.05, 0.1) is 6.21 Å². The lowest BCUT2D eigenvalue weighted by molar-refractivity contribution is 0.0955. The number of nitrogens with one attached hydrogen (secondary N) is 1. The minimum Gasteiger partial charge on any atom is -0.423 e. The first-order chi connectivity index (χ1) is 10.1. The van der Waals surface area contributed by atoms with Gasteiger partial charge in [-0.1, -0.05) is 24.3 Å². The highest BCUT2D eigenvalue weighted by molar-refractivity contribution is 6.60. The number of hydrogen-bond donors (Lipinski definition) is 3. The molecular formula is C14H14BN3O3. The fourth-order valence-electron chi connectivity index (χ4n) is 1.78. The molecule has 1 aromatic carbocycles. The van der Waals surface area contributed by atoms with Crippen LogP contribution in [0.3, 0.4) is 0 Å². The zero-order valence-electron chi connectivity index (χ0n) is 11.4. The maximum absolute atomic E-state index is 11.9. The van der Waals surface area contributed by atoms with Crippen molar-refractivity contribution in [2.24, 2.45) is 5.10 Å². The van der Waals surface area contributed by atoms with Crippen LogP contribution in [0.4, 0.5) is 0 Å². The van der Waals surface area contributed by atoms with E-state index < -0.39 is 7.12 Å². The first-order valence-electron chi connectivity index (χ1n) is 6.29. The number of aryl methyl sites for hydroxylation is 1. The van der Waals surface area contributed by atoms with Crippen molar-refractivity contribution in [3.63, 3.8) is 0 Å². The van der Waals surface area contributed by atoms with E-state index >= 15 is 0 Å². The molecule has 2 aromatic rings. The SMILES string of the molecule is Cc1cc(C(=O)N/N=C/c2ccccc2B(O)O)ccn1. The van der Waals surface area contributed by atoms with Gasteiger partial charge in [0, 0.05) is 17.5 Å². The Morgan fingerprint density at radius 1 is 1.33 bits per heavy atom. The molecule has 0 saturated heterocycles. The van der Waals surface area contributed by atoms with Gasteiger partial charge < -0.3 is 10.0 Å². The molecule has 0 aliphatic rings. The van der Waals surface area contributed by atoms with Crippen molar-refractivity contribution in [1.29, 1.82) is 0 Å². The van der Waals surface area contributed by atoms with Crippen molar-refractivity contribution < 1.29 is 14.8 Å². The Kier molecular flexibility index (Phi) is 4.81. The number of nitrogens with zero attached hydrogens (tertiary/aromatic N) is 2. The maximum Gasteiger partial charge on any atom is 0.489 e. The standard InChI is InChI=1S/C14H14BN3O3/c1-10-8-11(6-7-16-10)14(19)18-17-9-12-4-2-3-5-13(12)15(20)21/h2-9,20-21H,1H3,(H,18,19)/b17-9+. The van der Waals surface area contributed by atoms with E-state index in [1.165, 1.54) is 6.21 Å². The molecule has 1 heterocycles. The minimum absolute atomic E-state index is 0.315. The number of carbonyl (C=O) groups is 1. The Hall–Kier alpha value is -2.51. The summed E-state index contributed by atoms with van der Waals surface area (Å²) in [7, 11) is -1.59. The molecule has 0 aliphatic carbocycles. The number of hydrogen-bond acceptors (Lipinski definition) is 5. The summed E-state index contributed by atoms with van der Waals surface area (Å²) in [6.07, 6.45) is 2.91. The number of hydrazone groups is 1. The molecule has 7 heteroatoms. The second-order valence-corrected chi connectivity index (χ2v) is 4.39. The Morgan fingerprint density at radius 2 is 2.10 bits per heavy atom. The Morgan fingerprint density at radius 3 is 2.81 bits per heavy atom. The third-order valence-electron chi connectivity index (χ3n) is 2.80. The number of aromatic nitrogens is 1. The van der Waals surface area contributed by atoms with Crippen molar-refractivity contribution in [2.75, 3.05) is 0 Å². The van der Waals surface area contributed by atoms with E-state index in [-0.39, 0.29) is 5.91 Å². The van der Waals surface area contributed by atoms with Gasteiger partial charge in [0.25, 0.3) is 5.91 Å². The van der Waals surface area contributed by atoms with Crippen LogP contribution in [0.2, 0.25) is 0 Å². The molecule has 0 fully saturated rings. The summed E-state index contributed by atoms with van der Waals surface area (Å²) in [6, 6.07) is 9.90. The third kappa shape index (κ3) is 3.98. The summed E-state index contributed by atoms with van der Waals surface area (Å²) in [5.74, 6) is -0.362. The summed E-state index contributed by atoms with van der Waals surface area (Å²) < 4.78 is 0. The van der Waals surface area contributed by atoms with Crippen LogP contribution in [0.5, 0.6) is 0 Å². The molecule has 2 rings (SSSR count). The molecule has 0 spiro atoms. The summed E-state index contributed by atoms with van der Waals surface area (Å²) in [4.78, 5) is 15.9. The van der Waals surface area contributed by atoms with E-state index in [1.54, 1.807) is 49.5 Å². The predicted molar refractivity (Wildman–Crippen MR) is 80.3 cm³/mol. The van der Waals surface area contributed by atoms with Crippen LogP contribution in [0, 0.1) is 6.92 Å². The van der Waals surface area contributed by atoms with Gasteiger partial charge in [-0.05, 0) is 30.1 Å². The molecule has 0 unspecified atom stereocenters. The molecule has 6 nitrogen and oxygen atoms in total. The molecule has 1 amide bonds. The van der Waals surface area contributed by atoms with Crippen molar-refractivity contribution in [3.8, 4) is 0 Å². The zero-order valence-corrected chi connectivity index (χ0v) is 11.4. The summed E-state index contributed by atoms with van der Waals surface area (Å²) >= 11 is 0. The van der Waals surface area contributed by atoms with E-state index in [0.717, 1.165) is 5.69 Å². The largest absolute Gasteiger partial charge is 0.489 e. The smallest absolute Gasteiger partial charge is 0.423 e. The number of pyridine rings is 1. The van der Waals surface area contributed by atoms with Gasteiger partial charge in [-0.2, -0.15) is 5.10 Å². The van der Waals surface area contributed by atoms with Crippen LogP contribution in [-0.2, 0) is 0 Å². The molecule has 0 radical (unpaired) electrons. The molecule has 0 atom stereocenters. The predicted octanol–water partition coefficient (Wildman–Crippen LogP) is -0.166. The first kappa shape index (κ1) is 14.9. The van der Waals surface area contributed by atoms with Gasteiger partial charge in [-0.15, -0.1) is 0 Å². The maximum atomic E-state index is 11.9. The van der Waals surface area contributed by atoms with Crippen LogP contribution in [0.1, 0.15) is 21.6 Å². The highest BCUT2D eigenvalue weighted by Crippen LogP contribution is 2.00. The minimum atomic E-state index is -1.59. The molecule has 0 bridgehead atoms. The lowest BCUT2D eigenvalue weighted by atomic mass is 9.77. The summed E-state index contributed by atoms with van der Waals surface area (Å²) in [5, 5.41) is 22.3. The van der Waals surface area contributed by atoms with Gasteiger partial charge in [0.2, 0.25) is 0 Å². The van der Waals surface area contributed by atoms with Gasteiger partial charge in [-0.3, -0.25) is 9.78 Å². The Balaban J connectivity index is 2.08. The van der Waals surface area contributed by atoms with Gasteiger partial charge >= 0.3 is 7.12 Å². The Labute approximate surface area is 122 Å². The van der Waals surface area contributed by atoms with Crippen LogP contribution in [-0.4, -0.2) is 34.3 Å². The molecule has 3 N–H and O–H groups in total. The number of benzene rings is 1. The molecule has 0 saturated carbocycles. The zero-order chi connectivity index (χ0) is 15.2. The van der Waals surface area contributed by atoms with E-state index in [4.69, 9.17) is 0 Å². The molecule has 0 aliphatic heterocycles. The normalized spacial score (nSPS) is 10.6. The average Bonchev–Trinajstić information content (AvgIpc) is 2.47. The summed E-state index contributed by atoms with van der Waals surface area (Å²) in [6.45, 7) is 1.79. The topological polar surface area (TPSA) is 94.8 Å². The van der Waals surface area contributed by atoms with Crippen LogP contribution >= 0.6 is 0 Å². The Bertz CT molecular complexity index is 674. The lowest BCUT2D eigenvalue weighted by Gasteiger charge is -2.04. The molecule has 21 heavy (non-hydrogen) atoms. The highest BCUT2D eigenvalue weighted by atomic mass is 16.4. The van der Waals surface area contributed by atoms with Crippen molar-refractivity contribution in [1.82, 2.24) is 10.4 Å². The third-order valence-corrected chi connectivity index (χ3v) is 2.80. The second kappa shape index (κ2) is 6.78. The average molecular weight is 283 g/mol. The molecular weight excluding hydrogens is 269 g/mol. The van der Waals surface area contributed by atoms with Crippen LogP contribution in [0.25, 0.3) is 0 Å². The fraction of sp³-hybridized carbons (Fsp3) is 0.0714. The van der Waals surface area contributed by atoms with E-state index in [9.17, 15) is 14.8 Å². The number of rotatable bonds is 4. The van der Waals surface area contributed by atoms with Crippen LogP contribution in [0.15, 0.2) is 47.7 Å². The second-order valence-electron chi connectivity index (χ2n) is 4.39. The number of amides is 1. The quantitative estimate of drug-likeness (QED) is 0.412. The van der Waals surface area contributed by atoms with Crippen molar-refractivity contribution in [2.45, 2.75) is 6.92 Å². The van der Waals surface area contributed by atoms with Gasteiger partial charge in [-0.25, -0.2) is 5.43 Å². The first-order valence-corrected chi connectivity index (χ1v) is 6.29. The van der Waals surface area contributed by atoms with Crippen LogP contribution < -0.4 is 10.9 Å². The van der Waals surface area contributed by atoms with E-state index in [0.29, 0.717) is 16.6 Å². The van der Waals surface area contributed by atoms with E-state index in [2.05, 4.69) is 15.5 Å². The van der Waals surface area contributed by atoms with E-state index in [1.807, 2.05) is 0 Å².